The lowest BCUT2D eigenvalue weighted by atomic mass is 10.1. The van der Waals surface area contributed by atoms with Crippen LogP contribution < -0.4 is 10.2 Å². The highest BCUT2D eigenvalue weighted by atomic mass is 15.1. The molecule has 1 aromatic carbocycles. The van der Waals surface area contributed by atoms with Crippen LogP contribution in [0.25, 0.3) is 10.9 Å². The van der Waals surface area contributed by atoms with Gasteiger partial charge in [0, 0.05) is 30.4 Å². The van der Waals surface area contributed by atoms with Crippen molar-refractivity contribution in [2.75, 3.05) is 31.1 Å². The second kappa shape index (κ2) is 5.36. The van der Waals surface area contributed by atoms with Gasteiger partial charge in [-0.2, -0.15) is 0 Å². The zero-order valence-corrected chi connectivity index (χ0v) is 10.6. The van der Waals surface area contributed by atoms with Gasteiger partial charge in [0.2, 0.25) is 0 Å². The molecule has 1 aliphatic rings. The summed E-state index contributed by atoms with van der Waals surface area (Å²) in [7, 11) is 0. The summed E-state index contributed by atoms with van der Waals surface area (Å²) >= 11 is 0. The van der Waals surface area contributed by atoms with Crippen molar-refractivity contribution in [2.45, 2.75) is 12.8 Å². The van der Waals surface area contributed by atoms with Crippen LogP contribution in [0.15, 0.2) is 36.5 Å². The number of fused-ring (bicyclic) bond motifs is 1. The van der Waals surface area contributed by atoms with E-state index in [0.29, 0.717) is 0 Å². The van der Waals surface area contributed by atoms with Gasteiger partial charge in [0.15, 0.2) is 0 Å². The lowest BCUT2D eigenvalue weighted by molar-refractivity contribution is 0.567. The quantitative estimate of drug-likeness (QED) is 0.831. The zero-order valence-electron chi connectivity index (χ0n) is 10.6. The van der Waals surface area contributed by atoms with Crippen LogP contribution in [-0.4, -0.2) is 31.2 Å². The monoisotopic (exact) mass is 241 g/mol. The maximum absolute atomic E-state index is 4.37. The zero-order chi connectivity index (χ0) is 12.2. The average Bonchev–Trinajstić information content (AvgIpc) is 2.38. The average molecular weight is 241 g/mol. The molecule has 3 nitrogen and oxygen atoms in total. The molecule has 2 aromatic rings. The molecule has 3 heteroatoms. The van der Waals surface area contributed by atoms with Gasteiger partial charge in [-0.15, -0.1) is 0 Å². The van der Waals surface area contributed by atoms with E-state index in [4.69, 9.17) is 0 Å². The van der Waals surface area contributed by atoms with Crippen molar-refractivity contribution in [3.63, 3.8) is 0 Å². The number of nitrogens with one attached hydrogen (secondary N) is 1. The molecule has 0 radical (unpaired) electrons. The van der Waals surface area contributed by atoms with E-state index in [1.807, 2.05) is 12.3 Å². The Labute approximate surface area is 108 Å². The second-order valence-corrected chi connectivity index (χ2v) is 4.82. The highest BCUT2D eigenvalue weighted by Crippen LogP contribution is 2.21. The molecule has 1 aliphatic heterocycles. The Kier molecular flexibility index (Phi) is 3.42. The molecule has 0 spiro atoms. The summed E-state index contributed by atoms with van der Waals surface area (Å²) in [6, 6.07) is 10.7. The first-order chi connectivity index (χ1) is 8.93. The van der Waals surface area contributed by atoms with Gasteiger partial charge < -0.3 is 10.2 Å². The molecular formula is C15H19N3. The Morgan fingerprint density at radius 3 is 2.72 bits per heavy atom. The van der Waals surface area contributed by atoms with Crippen molar-refractivity contribution in [1.29, 1.82) is 0 Å². The Morgan fingerprint density at radius 2 is 1.89 bits per heavy atom. The molecule has 1 saturated heterocycles. The molecule has 0 aliphatic carbocycles. The summed E-state index contributed by atoms with van der Waals surface area (Å²) in [5.74, 6) is 0. The van der Waals surface area contributed by atoms with Crippen LogP contribution in [0.5, 0.6) is 0 Å². The van der Waals surface area contributed by atoms with Crippen molar-refractivity contribution in [3.8, 4) is 0 Å². The molecule has 94 valence electrons. The van der Waals surface area contributed by atoms with E-state index in [2.05, 4.69) is 39.5 Å². The molecule has 3 rings (SSSR count). The van der Waals surface area contributed by atoms with Crippen molar-refractivity contribution in [2.24, 2.45) is 0 Å². The van der Waals surface area contributed by atoms with Crippen LogP contribution in [-0.2, 0) is 0 Å². The van der Waals surface area contributed by atoms with Crippen LogP contribution in [0.1, 0.15) is 12.8 Å². The molecule has 0 atom stereocenters. The molecule has 18 heavy (non-hydrogen) atoms. The number of benzene rings is 1. The van der Waals surface area contributed by atoms with Crippen LogP contribution in [0.4, 0.5) is 5.69 Å². The molecule has 0 unspecified atom stereocenters. The Bertz CT molecular complexity index is 516. The predicted octanol–water partition coefficient (Wildman–Crippen LogP) is 2.42. The summed E-state index contributed by atoms with van der Waals surface area (Å²) in [5.41, 5.74) is 2.41. The standard InChI is InChI=1S/C15H19N3/c1-4-13-12-14(5-6-15(13)17-9-1)18-10-2-7-16-8-3-11-18/h1,4-6,9,12,16H,2-3,7-8,10-11H2. The van der Waals surface area contributed by atoms with Crippen molar-refractivity contribution >= 4 is 16.6 Å². The summed E-state index contributed by atoms with van der Waals surface area (Å²) in [4.78, 5) is 6.87. The van der Waals surface area contributed by atoms with Crippen LogP contribution in [0.2, 0.25) is 0 Å². The van der Waals surface area contributed by atoms with Gasteiger partial charge in [-0.05, 0) is 50.2 Å². The van der Waals surface area contributed by atoms with E-state index in [1.54, 1.807) is 0 Å². The van der Waals surface area contributed by atoms with Crippen LogP contribution in [0.3, 0.4) is 0 Å². The topological polar surface area (TPSA) is 28.2 Å². The summed E-state index contributed by atoms with van der Waals surface area (Å²) < 4.78 is 0. The molecular weight excluding hydrogens is 222 g/mol. The highest BCUT2D eigenvalue weighted by Gasteiger charge is 2.09. The number of hydrogen-bond donors (Lipinski definition) is 1. The van der Waals surface area contributed by atoms with E-state index in [1.165, 1.54) is 23.9 Å². The Hall–Kier alpha value is -1.61. The van der Waals surface area contributed by atoms with Crippen LogP contribution >= 0.6 is 0 Å². The van der Waals surface area contributed by atoms with Gasteiger partial charge in [0.1, 0.15) is 0 Å². The van der Waals surface area contributed by atoms with Crippen LogP contribution in [0, 0.1) is 0 Å². The van der Waals surface area contributed by atoms with E-state index in [-0.39, 0.29) is 0 Å². The maximum atomic E-state index is 4.37. The third-order valence-corrected chi connectivity index (χ3v) is 3.51. The molecule has 1 fully saturated rings. The van der Waals surface area contributed by atoms with E-state index in [9.17, 15) is 0 Å². The fraction of sp³-hybridized carbons (Fsp3) is 0.400. The summed E-state index contributed by atoms with van der Waals surface area (Å²) in [6.45, 7) is 4.54. The molecule has 0 bridgehead atoms. The molecule has 2 heterocycles. The van der Waals surface area contributed by atoms with E-state index >= 15 is 0 Å². The lowest BCUT2D eigenvalue weighted by Crippen LogP contribution is -2.33. The minimum Gasteiger partial charge on any atom is -0.371 e. The fourth-order valence-corrected chi connectivity index (χ4v) is 2.54. The van der Waals surface area contributed by atoms with Crippen molar-refractivity contribution in [3.05, 3.63) is 36.5 Å². The number of rotatable bonds is 1. The van der Waals surface area contributed by atoms with Gasteiger partial charge >= 0.3 is 0 Å². The normalized spacial score (nSPS) is 17.4. The van der Waals surface area contributed by atoms with Gasteiger partial charge in [-0.25, -0.2) is 0 Å². The minimum atomic E-state index is 1.08. The van der Waals surface area contributed by atoms with E-state index in [0.717, 1.165) is 31.7 Å². The first kappa shape index (κ1) is 11.5. The van der Waals surface area contributed by atoms with Gasteiger partial charge in [-0.3, -0.25) is 4.98 Å². The molecule has 1 aromatic heterocycles. The smallest absolute Gasteiger partial charge is 0.0703 e. The third-order valence-electron chi connectivity index (χ3n) is 3.51. The minimum absolute atomic E-state index is 1.08. The molecule has 0 amide bonds. The first-order valence-electron chi connectivity index (χ1n) is 6.74. The summed E-state index contributed by atoms with van der Waals surface area (Å²) in [6.07, 6.45) is 4.28. The van der Waals surface area contributed by atoms with Crippen molar-refractivity contribution in [1.82, 2.24) is 10.3 Å². The second-order valence-electron chi connectivity index (χ2n) is 4.82. The molecule has 1 N–H and O–H groups in total. The Balaban J connectivity index is 1.87. The predicted molar refractivity (Wildman–Crippen MR) is 76.1 cm³/mol. The summed E-state index contributed by atoms with van der Waals surface area (Å²) in [5, 5.41) is 4.68. The van der Waals surface area contributed by atoms with Gasteiger partial charge in [0.25, 0.3) is 0 Å². The fourth-order valence-electron chi connectivity index (χ4n) is 2.54. The third kappa shape index (κ3) is 2.46. The maximum Gasteiger partial charge on any atom is 0.0703 e. The molecule has 0 saturated carbocycles. The van der Waals surface area contributed by atoms with Crippen molar-refractivity contribution < 1.29 is 0 Å². The highest BCUT2D eigenvalue weighted by molar-refractivity contribution is 5.82. The first-order valence-corrected chi connectivity index (χ1v) is 6.74. The lowest BCUT2D eigenvalue weighted by Gasteiger charge is -2.27. The largest absolute Gasteiger partial charge is 0.371 e. The van der Waals surface area contributed by atoms with Gasteiger partial charge in [-0.1, -0.05) is 6.07 Å². The SMILES string of the molecule is c1cnc2ccc(N3CCCNCCC3)cc2c1. The number of pyridine rings is 1. The number of hydrogen-bond acceptors (Lipinski definition) is 3. The number of aromatic nitrogens is 1. The number of anilines is 1. The van der Waals surface area contributed by atoms with Gasteiger partial charge in [0.05, 0.1) is 5.52 Å². The van der Waals surface area contributed by atoms with E-state index < -0.39 is 0 Å². The number of nitrogens with zero attached hydrogens (tertiary/aromatic N) is 2. The Morgan fingerprint density at radius 1 is 1.06 bits per heavy atom.